The maximum absolute atomic E-state index is 10.5. The van der Waals surface area contributed by atoms with Gasteiger partial charge in [0.1, 0.15) is 12.1 Å². The number of rotatable bonds is 2. The number of aliphatic hydroxyl groups excluding tert-OH is 1. The molecule has 1 aromatic rings. The molecular weight excluding hydrogens is 266 g/mol. The molecule has 104 valence electrons. The van der Waals surface area contributed by atoms with Gasteiger partial charge in [0.05, 0.1) is 17.6 Å². The van der Waals surface area contributed by atoms with Gasteiger partial charge >= 0.3 is 0 Å². The number of anilines is 1. The van der Waals surface area contributed by atoms with E-state index in [1.54, 1.807) is 5.38 Å². The second-order valence-electron chi connectivity index (χ2n) is 4.44. The first-order chi connectivity index (χ1) is 9.05. The van der Waals surface area contributed by atoms with Crippen molar-refractivity contribution in [2.24, 2.45) is 0 Å². The van der Waals surface area contributed by atoms with Gasteiger partial charge in [-0.1, -0.05) is 0 Å². The van der Waals surface area contributed by atoms with Crippen LogP contribution in [0.2, 0.25) is 0 Å². The van der Waals surface area contributed by atoms with Crippen molar-refractivity contribution in [2.45, 2.75) is 31.7 Å². The molecule has 7 heteroatoms. The van der Waals surface area contributed by atoms with Gasteiger partial charge in [-0.05, 0) is 18.7 Å². The molecule has 0 aromatic carbocycles. The Morgan fingerprint density at radius 1 is 1.63 bits per heavy atom. The molecule has 6 nitrogen and oxygen atoms in total. The summed E-state index contributed by atoms with van der Waals surface area (Å²) in [5.41, 5.74) is 6.52. The third-order valence-corrected chi connectivity index (χ3v) is 4.13. The summed E-state index contributed by atoms with van der Waals surface area (Å²) in [7, 11) is 0. The van der Waals surface area contributed by atoms with E-state index < -0.39 is 5.79 Å². The Bertz CT molecular complexity index is 507. The molecule has 0 amide bonds. The van der Waals surface area contributed by atoms with Crippen molar-refractivity contribution in [1.29, 1.82) is 0 Å². The van der Waals surface area contributed by atoms with Gasteiger partial charge in [0.25, 0.3) is 0 Å². The molecule has 2 heterocycles. The van der Waals surface area contributed by atoms with Crippen molar-refractivity contribution in [3.05, 3.63) is 28.3 Å². The fourth-order valence-electron chi connectivity index (χ4n) is 1.79. The lowest BCUT2D eigenvalue weighted by atomic mass is 10.1. The van der Waals surface area contributed by atoms with Crippen LogP contribution in [0, 0.1) is 6.92 Å². The summed E-state index contributed by atoms with van der Waals surface area (Å²) in [6, 6.07) is 0. The fourth-order valence-corrected chi connectivity index (χ4v) is 2.67. The Kier molecular flexibility index (Phi) is 4.31. The van der Waals surface area contributed by atoms with E-state index in [1.807, 2.05) is 6.92 Å². The third kappa shape index (κ3) is 3.19. The molecule has 19 heavy (non-hydrogen) atoms. The number of hydrogen-bond acceptors (Lipinski definition) is 7. The van der Waals surface area contributed by atoms with E-state index in [0.29, 0.717) is 23.5 Å². The van der Waals surface area contributed by atoms with E-state index in [9.17, 15) is 5.11 Å². The van der Waals surface area contributed by atoms with E-state index in [4.69, 9.17) is 15.6 Å². The molecule has 1 aromatic heterocycles. The van der Waals surface area contributed by atoms with Gasteiger partial charge in [0.15, 0.2) is 0 Å². The summed E-state index contributed by atoms with van der Waals surface area (Å²) in [6.07, 6.45) is 3.54. The quantitative estimate of drug-likeness (QED) is 0.744. The molecule has 0 saturated carbocycles. The van der Waals surface area contributed by atoms with Gasteiger partial charge in [-0.2, -0.15) is 0 Å². The molecule has 0 spiro atoms. The highest BCUT2D eigenvalue weighted by Crippen LogP contribution is 2.37. The highest BCUT2D eigenvalue weighted by Gasteiger charge is 2.40. The maximum Gasteiger partial charge on any atom is 0.203 e. The topological polar surface area (TPSA) is 101 Å². The zero-order valence-corrected chi connectivity index (χ0v) is 11.4. The Morgan fingerprint density at radius 3 is 3.11 bits per heavy atom. The zero-order chi connectivity index (χ0) is 13.9. The molecule has 2 rings (SSSR count). The molecule has 1 aliphatic heterocycles. The lowest BCUT2D eigenvalue weighted by molar-refractivity contribution is -0.203. The number of nitrogens with two attached hydrogens (primary N) is 1. The van der Waals surface area contributed by atoms with Crippen molar-refractivity contribution in [1.82, 2.24) is 9.97 Å². The van der Waals surface area contributed by atoms with Crippen LogP contribution in [0.25, 0.3) is 0 Å². The van der Waals surface area contributed by atoms with Crippen LogP contribution in [0.15, 0.2) is 17.9 Å². The minimum absolute atomic E-state index is 0.103. The predicted molar refractivity (Wildman–Crippen MR) is 71.8 cm³/mol. The van der Waals surface area contributed by atoms with Crippen LogP contribution in [0.5, 0.6) is 0 Å². The Hall–Kier alpha value is -1.28. The third-order valence-electron chi connectivity index (χ3n) is 2.98. The second kappa shape index (κ2) is 5.79. The molecule has 1 saturated heterocycles. The average molecular weight is 283 g/mol. The van der Waals surface area contributed by atoms with E-state index in [2.05, 4.69) is 9.97 Å². The van der Waals surface area contributed by atoms with E-state index in [1.165, 1.54) is 23.9 Å². The average Bonchev–Trinajstić information content (AvgIpc) is 2.81. The van der Waals surface area contributed by atoms with Crippen LogP contribution in [-0.4, -0.2) is 32.9 Å². The van der Waals surface area contributed by atoms with E-state index >= 15 is 0 Å². The number of aliphatic hydroxyl groups is 2. The molecular formula is C12H17N3O3S. The number of nitrogen functional groups attached to an aromatic ring is 1. The summed E-state index contributed by atoms with van der Waals surface area (Å²) >= 11 is 1.30. The lowest BCUT2D eigenvalue weighted by Gasteiger charge is -2.21. The van der Waals surface area contributed by atoms with Crippen LogP contribution in [0.1, 0.15) is 23.3 Å². The zero-order valence-electron chi connectivity index (χ0n) is 10.6. The van der Waals surface area contributed by atoms with Gasteiger partial charge in [0.2, 0.25) is 5.79 Å². The minimum Gasteiger partial charge on any atom is -0.394 e. The molecule has 2 atom stereocenters. The maximum atomic E-state index is 10.5. The molecule has 0 radical (unpaired) electrons. The molecule has 4 N–H and O–H groups in total. The van der Waals surface area contributed by atoms with Gasteiger partial charge in [-0.15, -0.1) is 11.3 Å². The van der Waals surface area contributed by atoms with Gasteiger partial charge in [0, 0.05) is 18.2 Å². The lowest BCUT2D eigenvalue weighted by Crippen LogP contribution is -2.26. The molecule has 1 aliphatic rings. The van der Waals surface area contributed by atoms with Crippen LogP contribution in [0.3, 0.4) is 0 Å². The first-order valence-corrected chi connectivity index (χ1v) is 6.83. The summed E-state index contributed by atoms with van der Waals surface area (Å²) in [5, 5.41) is 21.4. The normalized spacial score (nSPS) is 26.2. The first-order valence-electron chi connectivity index (χ1n) is 5.95. The first kappa shape index (κ1) is 14.1. The number of ether oxygens (including phenoxy) is 1. The van der Waals surface area contributed by atoms with Crippen molar-refractivity contribution in [3.63, 3.8) is 0 Å². The van der Waals surface area contributed by atoms with Crippen LogP contribution < -0.4 is 5.73 Å². The van der Waals surface area contributed by atoms with Crippen molar-refractivity contribution >= 4 is 17.2 Å². The van der Waals surface area contributed by atoms with Crippen LogP contribution in [0.4, 0.5) is 5.82 Å². The highest BCUT2D eigenvalue weighted by atomic mass is 32.1. The predicted octanol–water partition coefficient (Wildman–Crippen LogP) is 0.870. The van der Waals surface area contributed by atoms with Crippen LogP contribution >= 0.6 is 11.3 Å². The smallest absolute Gasteiger partial charge is 0.203 e. The van der Waals surface area contributed by atoms with Crippen molar-refractivity contribution in [3.8, 4) is 0 Å². The minimum atomic E-state index is -1.40. The van der Waals surface area contributed by atoms with Crippen molar-refractivity contribution < 1.29 is 14.9 Å². The van der Waals surface area contributed by atoms with E-state index in [0.717, 1.165) is 5.56 Å². The number of hydrogen-bond donors (Lipinski definition) is 3. The number of aryl methyl sites for hydroxylation is 1. The molecule has 0 bridgehead atoms. The molecule has 1 fully saturated rings. The SMILES string of the molecule is Cc1csc(C2(O)CCC(CO)O2)cncnc1N. The van der Waals surface area contributed by atoms with Gasteiger partial charge in [-0.25, -0.2) is 9.97 Å². The summed E-state index contributed by atoms with van der Waals surface area (Å²) in [4.78, 5) is 8.50. The van der Waals surface area contributed by atoms with E-state index in [-0.39, 0.29) is 12.7 Å². The van der Waals surface area contributed by atoms with Crippen molar-refractivity contribution in [2.75, 3.05) is 12.3 Å². The molecule has 0 aliphatic carbocycles. The summed E-state index contributed by atoms with van der Waals surface area (Å²) < 4.78 is 5.48. The number of aromatic nitrogens is 2. The summed E-state index contributed by atoms with van der Waals surface area (Å²) in [5.74, 6) is -1.01. The van der Waals surface area contributed by atoms with Crippen LogP contribution in [-0.2, 0) is 10.5 Å². The standard InChI is InChI=1S/C12H17N3O3S/c1-8-6-19-10(4-14-7-15-11(8)13)12(17)3-2-9(5-16)18-12/h4,6-7,9,16-17H,2-3,5H2,1H3,(H2,13,14,15). The molecule has 2 unspecified atom stereocenters. The Balaban J connectivity index is 2.41. The Morgan fingerprint density at radius 2 is 2.42 bits per heavy atom. The largest absolute Gasteiger partial charge is 0.394 e. The number of nitrogens with zero attached hydrogens (tertiary/aromatic N) is 2. The monoisotopic (exact) mass is 283 g/mol. The fraction of sp³-hybridized carbons (Fsp3) is 0.500. The highest BCUT2D eigenvalue weighted by molar-refractivity contribution is 7.09. The summed E-state index contributed by atoms with van der Waals surface area (Å²) in [6.45, 7) is 1.73. The second-order valence-corrected chi connectivity index (χ2v) is 5.35. The van der Waals surface area contributed by atoms with Gasteiger partial charge in [-0.3, -0.25) is 0 Å². The van der Waals surface area contributed by atoms with Gasteiger partial charge < -0.3 is 20.7 Å². The Labute approximate surface area is 115 Å².